The van der Waals surface area contributed by atoms with Crippen LogP contribution >= 0.6 is 0 Å². The number of carboxylic acid groups (broad SMARTS) is 1. The van der Waals surface area contributed by atoms with Crippen LogP contribution in [-0.4, -0.2) is 25.0 Å². The van der Waals surface area contributed by atoms with Gasteiger partial charge in [0.25, 0.3) is 0 Å². The Kier molecular flexibility index (Phi) is 3.28. The first-order chi connectivity index (χ1) is 6.24. The van der Waals surface area contributed by atoms with Crippen LogP contribution < -0.4 is 4.74 Å². The van der Waals surface area contributed by atoms with Crippen LogP contribution in [0.3, 0.4) is 0 Å². The number of methoxy groups -OCH3 is 1. The summed E-state index contributed by atoms with van der Waals surface area (Å²) in [5.74, 6) is -0.356. The highest BCUT2D eigenvalue weighted by atomic mass is 16.7. The fraction of sp³-hybridized carbons (Fsp3) is 0.222. The molecular formula is C9H10O4. The topological polar surface area (TPSA) is 55.8 Å². The fourth-order valence-electron chi connectivity index (χ4n) is 0.821. The zero-order valence-corrected chi connectivity index (χ0v) is 7.19. The summed E-state index contributed by atoms with van der Waals surface area (Å²) < 4.78 is 9.76. The molecule has 4 heteroatoms. The lowest BCUT2D eigenvalue weighted by molar-refractivity contribution is 0.0511. The van der Waals surface area contributed by atoms with Crippen LogP contribution in [-0.2, 0) is 4.74 Å². The van der Waals surface area contributed by atoms with Gasteiger partial charge in [0.2, 0.25) is 0 Å². The third-order valence-electron chi connectivity index (χ3n) is 1.44. The Hall–Kier alpha value is -1.55. The van der Waals surface area contributed by atoms with E-state index in [9.17, 15) is 4.79 Å². The van der Waals surface area contributed by atoms with Crippen molar-refractivity contribution in [3.8, 4) is 5.75 Å². The molecule has 4 nitrogen and oxygen atoms in total. The van der Waals surface area contributed by atoms with Crippen molar-refractivity contribution in [1.82, 2.24) is 0 Å². The van der Waals surface area contributed by atoms with Crippen LogP contribution in [0.15, 0.2) is 24.3 Å². The summed E-state index contributed by atoms with van der Waals surface area (Å²) in [7, 11) is 1.52. The van der Waals surface area contributed by atoms with Crippen molar-refractivity contribution < 1.29 is 19.4 Å². The van der Waals surface area contributed by atoms with E-state index >= 15 is 0 Å². The molecule has 0 bridgehead atoms. The van der Waals surface area contributed by atoms with Gasteiger partial charge < -0.3 is 14.6 Å². The summed E-state index contributed by atoms with van der Waals surface area (Å²) in [5.41, 5.74) is 0.241. The Morgan fingerprint density at radius 1 is 1.38 bits per heavy atom. The number of hydrogen-bond acceptors (Lipinski definition) is 3. The molecule has 0 unspecified atom stereocenters. The number of carbonyl (C=O) groups is 1. The van der Waals surface area contributed by atoms with Crippen molar-refractivity contribution >= 4 is 5.97 Å². The Balaban J connectivity index is 2.64. The van der Waals surface area contributed by atoms with Crippen LogP contribution in [0.25, 0.3) is 0 Å². The van der Waals surface area contributed by atoms with E-state index in [1.807, 2.05) is 0 Å². The fourth-order valence-corrected chi connectivity index (χ4v) is 0.821. The van der Waals surface area contributed by atoms with Gasteiger partial charge in [-0.05, 0) is 24.3 Å². The summed E-state index contributed by atoms with van der Waals surface area (Å²) in [4.78, 5) is 10.5. The maximum absolute atomic E-state index is 10.5. The molecule has 0 atom stereocenters. The van der Waals surface area contributed by atoms with E-state index in [1.54, 1.807) is 12.1 Å². The number of rotatable bonds is 4. The third kappa shape index (κ3) is 2.76. The molecule has 70 valence electrons. The molecule has 1 aromatic carbocycles. The first-order valence-electron chi connectivity index (χ1n) is 3.69. The van der Waals surface area contributed by atoms with Gasteiger partial charge in [-0.3, -0.25) is 0 Å². The molecule has 0 amide bonds. The lowest BCUT2D eigenvalue weighted by atomic mass is 10.2. The molecule has 0 spiro atoms. The van der Waals surface area contributed by atoms with Gasteiger partial charge in [-0.25, -0.2) is 4.79 Å². The summed E-state index contributed by atoms with van der Waals surface area (Å²) in [6, 6.07) is 6.13. The minimum atomic E-state index is -0.946. The van der Waals surface area contributed by atoms with Gasteiger partial charge in [0.1, 0.15) is 5.75 Å². The highest BCUT2D eigenvalue weighted by molar-refractivity contribution is 5.87. The molecule has 1 aromatic rings. The molecule has 0 heterocycles. The van der Waals surface area contributed by atoms with Crippen molar-refractivity contribution in [3.63, 3.8) is 0 Å². The summed E-state index contributed by atoms with van der Waals surface area (Å²) in [5, 5.41) is 8.59. The largest absolute Gasteiger partial charge is 0.478 e. The molecule has 1 N–H and O–H groups in total. The Morgan fingerprint density at radius 3 is 2.46 bits per heavy atom. The van der Waals surface area contributed by atoms with E-state index in [0.717, 1.165) is 0 Å². The maximum atomic E-state index is 10.5. The smallest absolute Gasteiger partial charge is 0.335 e. The van der Waals surface area contributed by atoms with E-state index in [1.165, 1.54) is 19.2 Å². The molecular weight excluding hydrogens is 172 g/mol. The Bertz CT molecular complexity index is 278. The second kappa shape index (κ2) is 4.47. The first kappa shape index (κ1) is 9.54. The van der Waals surface area contributed by atoms with Crippen LogP contribution in [0.2, 0.25) is 0 Å². The second-order valence-corrected chi connectivity index (χ2v) is 2.38. The van der Waals surface area contributed by atoms with E-state index < -0.39 is 5.97 Å². The van der Waals surface area contributed by atoms with Gasteiger partial charge in [0.15, 0.2) is 6.79 Å². The predicted molar refractivity (Wildman–Crippen MR) is 45.9 cm³/mol. The quantitative estimate of drug-likeness (QED) is 0.714. The number of ether oxygens (including phenoxy) is 2. The van der Waals surface area contributed by atoms with Crippen LogP contribution in [0.1, 0.15) is 10.4 Å². The summed E-state index contributed by atoms with van der Waals surface area (Å²) in [6.07, 6.45) is 0. The van der Waals surface area contributed by atoms with Crippen molar-refractivity contribution in [1.29, 1.82) is 0 Å². The van der Waals surface area contributed by atoms with Crippen molar-refractivity contribution in [2.45, 2.75) is 0 Å². The van der Waals surface area contributed by atoms with Crippen LogP contribution in [0, 0.1) is 0 Å². The molecule has 0 radical (unpaired) electrons. The van der Waals surface area contributed by atoms with E-state index in [2.05, 4.69) is 4.74 Å². The molecule has 0 saturated heterocycles. The van der Waals surface area contributed by atoms with Gasteiger partial charge in [-0.1, -0.05) is 0 Å². The van der Waals surface area contributed by atoms with E-state index in [0.29, 0.717) is 5.75 Å². The molecule has 13 heavy (non-hydrogen) atoms. The molecule has 0 aliphatic heterocycles. The first-order valence-corrected chi connectivity index (χ1v) is 3.69. The van der Waals surface area contributed by atoms with Gasteiger partial charge >= 0.3 is 5.97 Å². The standard InChI is InChI=1S/C9H10O4/c1-12-6-13-8-4-2-7(3-5-8)9(10)11/h2-5H,6H2,1H3,(H,10,11). The lowest BCUT2D eigenvalue weighted by Crippen LogP contribution is -2.00. The van der Waals surface area contributed by atoms with Gasteiger partial charge in [0, 0.05) is 7.11 Å². The van der Waals surface area contributed by atoms with Crippen LogP contribution in [0.4, 0.5) is 0 Å². The lowest BCUT2D eigenvalue weighted by Gasteiger charge is -2.03. The summed E-state index contributed by atoms with van der Waals surface area (Å²) >= 11 is 0. The monoisotopic (exact) mass is 182 g/mol. The number of hydrogen-bond donors (Lipinski definition) is 1. The second-order valence-electron chi connectivity index (χ2n) is 2.38. The zero-order valence-electron chi connectivity index (χ0n) is 7.19. The average molecular weight is 182 g/mol. The Labute approximate surface area is 75.7 Å². The molecule has 0 saturated carbocycles. The third-order valence-corrected chi connectivity index (χ3v) is 1.44. The highest BCUT2D eigenvalue weighted by Crippen LogP contribution is 2.11. The highest BCUT2D eigenvalue weighted by Gasteiger charge is 2.01. The van der Waals surface area contributed by atoms with Crippen molar-refractivity contribution in [2.24, 2.45) is 0 Å². The molecule has 0 fully saturated rings. The van der Waals surface area contributed by atoms with Crippen LogP contribution in [0.5, 0.6) is 5.75 Å². The van der Waals surface area contributed by atoms with Crippen molar-refractivity contribution in [2.75, 3.05) is 13.9 Å². The molecule has 0 aliphatic rings. The SMILES string of the molecule is COCOc1ccc(C(=O)O)cc1. The minimum Gasteiger partial charge on any atom is -0.478 e. The van der Waals surface area contributed by atoms with E-state index in [-0.39, 0.29) is 12.4 Å². The molecule has 0 aromatic heterocycles. The summed E-state index contributed by atoms with van der Waals surface area (Å²) in [6.45, 7) is 0.159. The van der Waals surface area contributed by atoms with E-state index in [4.69, 9.17) is 9.84 Å². The molecule has 1 rings (SSSR count). The van der Waals surface area contributed by atoms with Gasteiger partial charge in [-0.15, -0.1) is 0 Å². The zero-order chi connectivity index (χ0) is 9.68. The number of benzene rings is 1. The van der Waals surface area contributed by atoms with Crippen molar-refractivity contribution in [3.05, 3.63) is 29.8 Å². The normalized spacial score (nSPS) is 9.62. The number of carboxylic acids is 1. The van der Waals surface area contributed by atoms with Gasteiger partial charge in [-0.2, -0.15) is 0 Å². The Morgan fingerprint density at radius 2 is 2.00 bits per heavy atom. The number of aromatic carboxylic acids is 1. The maximum Gasteiger partial charge on any atom is 0.335 e. The predicted octanol–water partition coefficient (Wildman–Crippen LogP) is 1.37. The van der Waals surface area contributed by atoms with Gasteiger partial charge in [0.05, 0.1) is 5.56 Å². The minimum absolute atomic E-state index is 0.159. The average Bonchev–Trinajstić information content (AvgIpc) is 2.15. The molecule has 0 aliphatic carbocycles.